The van der Waals surface area contributed by atoms with Crippen molar-refractivity contribution >= 4 is 46.0 Å². The molecule has 0 spiro atoms. The third kappa shape index (κ3) is 3.04. The van der Waals surface area contributed by atoms with Crippen LogP contribution in [-0.2, 0) is 6.42 Å². The van der Waals surface area contributed by atoms with E-state index in [1.54, 1.807) is 0 Å². The standard InChI is InChI=1S/C14H18Cl2N2S/c1-3-10(9-19-2)18-12-6-4-5-11(16)14(12)17-13(18)7-8-15/h4-6,10H,3,7-9H2,1-2H3. The summed E-state index contributed by atoms with van der Waals surface area (Å²) in [5, 5.41) is 0.714. The number of benzene rings is 1. The summed E-state index contributed by atoms with van der Waals surface area (Å²) in [5.74, 6) is 2.69. The molecule has 1 aromatic carbocycles. The number of rotatable bonds is 6. The summed E-state index contributed by atoms with van der Waals surface area (Å²) in [6.45, 7) is 2.21. The summed E-state index contributed by atoms with van der Waals surface area (Å²) in [7, 11) is 0. The van der Waals surface area contributed by atoms with Gasteiger partial charge < -0.3 is 4.57 Å². The Hall–Kier alpha value is -0.380. The molecular weight excluding hydrogens is 299 g/mol. The number of nitrogens with zero attached hydrogens (tertiary/aromatic N) is 2. The van der Waals surface area contributed by atoms with Gasteiger partial charge in [-0.25, -0.2) is 4.98 Å². The summed E-state index contributed by atoms with van der Waals surface area (Å²) in [5.41, 5.74) is 2.01. The summed E-state index contributed by atoms with van der Waals surface area (Å²) in [4.78, 5) is 4.69. The number of fused-ring (bicyclic) bond motifs is 1. The molecule has 1 unspecified atom stereocenters. The van der Waals surface area contributed by atoms with Gasteiger partial charge in [0, 0.05) is 24.1 Å². The zero-order valence-corrected chi connectivity index (χ0v) is 13.5. The first-order valence-corrected chi connectivity index (χ1v) is 8.73. The minimum absolute atomic E-state index is 0.441. The number of thioether (sulfide) groups is 1. The van der Waals surface area contributed by atoms with Crippen LogP contribution < -0.4 is 0 Å². The van der Waals surface area contributed by atoms with Gasteiger partial charge in [0.1, 0.15) is 11.3 Å². The number of para-hydroxylation sites is 1. The maximum Gasteiger partial charge on any atom is 0.111 e. The van der Waals surface area contributed by atoms with Gasteiger partial charge in [0.25, 0.3) is 0 Å². The summed E-state index contributed by atoms with van der Waals surface area (Å²) >= 11 is 14.0. The smallest absolute Gasteiger partial charge is 0.111 e. The second-order valence-corrected chi connectivity index (χ2v) is 6.16. The van der Waals surface area contributed by atoms with Gasteiger partial charge in [-0.15, -0.1) is 11.6 Å². The third-order valence-corrected chi connectivity index (χ3v) is 4.47. The Kier molecular flexibility index (Phi) is 5.43. The summed E-state index contributed by atoms with van der Waals surface area (Å²) in [6, 6.07) is 6.41. The number of alkyl halides is 1. The third-order valence-electron chi connectivity index (χ3n) is 3.26. The highest BCUT2D eigenvalue weighted by molar-refractivity contribution is 7.98. The van der Waals surface area contributed by atoms with Crippen LogP contribution in [-0.4, -0.2) is 27.4 Å². The molecule has 0 amide bonds. The van der Waals surface area contributed by atoms with Gasteiger partial charge in [-0.3, -0.25) is 0 Å². The molecule has 0 aliphatic rings. The van der Waals surface area contributed by atoms with Crippen molar-refractivity contribution in [2.75, 3.05) is 17.9 Å². The fraction of sp³-hybridized carbons (Fsp3) is 0.500. The molecule has 2 rings (SSSR count). The van der Waals surface area contributed by atoms with E-state index < -0.39 is 0 Å². The van der Waals surface area contributed by atoms with Crippen LogP contribution in [0.25, 0.3) is 11.0 Å². The number of imidazole rings is 1. The lowest BCUT2D eigenvalue weighted by molar-refractivity contribution is 0.533. The fourth-order valence-corrected chi connectivity index (χ4v) is 3.52. The largest absolute Gasteiger partial charge is 0.324 e. The van der Waals surface area contributed by atoms with Crippen LogP contribution in [0.15, 0.2) is 18.2 Å². The first kappa shape index (κ1) is 15.0. The summed E-state index contributed by atoms with van der Waals surface area (Å²) in [6.07, 6.45) is 3.99. The Labute approximate surface area is 128 Å². The van der Waals surface area contributed by atoms with Crippen molar-refractivity contribution in [1.29, 1.82) is 0 Å². The lowest BCUT2D eigenvalue weighted by atomic mass is 10.2. The summed E-state index contributed by atoms with van der Waals surface area (Å²) < 4.78 is 2.32. The number of hydrogen-bond acceptors (Lipinski definition) is 2. The molecule has 2 nitrogen and oxygen atoms in total. The monoisotopic (exact) mass is 316 g/mol. The molecule has 0 N–H and O–H groups in total. The molecule has 2 aromatic rings. The topological polar surface area (TPSA) is 17.8 Å². The highest BCUT2D eigenvalue weighted by atomic mass is 35.5. The molecule has 0 saturated heterocycles. The van der Waals surface area contributed by atoms with Gasteiger partial charge in [0.15, 0.2) is 0 Å². The molecular formula is C14H18Cl2N2S. The van der Waals surface area contributed by atoms with Crippen LogP contribution >= 0.6 is 35.0 Å². The average molecular weight is 317 g/mol. The Bertz CT molecular complexity index is 554. The van der Waals surface area contributed by atoms with Gasteiger partial charge in [0.2, 0.25) is 0 Å². The van der Waals surface area contributed by atoms with Crippen LogP contribution in [0, 0.1) is 0 Å². The first-order valence-electron chi connectivity index (χ1n) is 6.43. The number of aromatic nitrogens is 2. The minimum Gasteiger partial charge on any atom is -0.324 e. The van der Waals surface area contributed by atoms with E-state index in [-0.39, 0.29) is 0 Å². The zero-order valence-electron chi connectivity index (χ0n) is 11.2. The second-order valence-electron chi connectivity index (χ2n) is 4.46. The molecule has 0 bridgehead atoms. The number of hydrogen-bond donors (Lipinski definition) is 0. The first-order chi connectivity index (χ1) is 9.22. The van der Waals surface area contributed by atoms with E-state index in [1.165, 1.54) is 0 Å². The van der Waals surface area contributed by atoms with E-state index in [9.17, 15) is 0 Å². The predicted octanol–water partition coefficient (Wildman–Crippen LogP) is 4.79. The van der Waals surface area contributed by atoms with Gasteiger partial charge in [-0.05, 0) is 24.8 Å². The zero-order chi connectivity index (χ0) is 13.8. The molecule has 1 aromatic heterocycles. The molecule has 5 heteroatoms. The normalized spacial score (nSPS) is 13.1. The van der Waals surface area contributed by atoms with E-state index in [0.717, 1.165) is 35.5 Å². The van der Waals surface area contributed by atoms with Gasteiger partial charge in [-0.1, -0.05) is 24.6 Å². The highest BCUT2D eigenvalue weighted by Gasteiger charge is 2.18. The van der Waals surface area contributed by atoms with Gasteiger partial charge in [-0.2, -0.15) is 11.8 Å². The van der Waals surface area contributed by atoms with Crippen molar-refractivity contribution < 1.29 is 0 Å². The number of halogens is 2. The van der Waals surface area contributed by atoms with Gasteiger partial charge >= 0.3 is 0 Å². The van der Waals surface area contributed by atoms with Crippen LogP contribution in [0.1, 0.15) is 25.2 Å². The van der Waals surface area contributed by atoms with Crippen LogP contribution in [0.2, 0.25) is 5.02 Å². The van der Waals surface area contributed by atoms with Crippen molar-refractivity contribution in [3.8, 4) is 0 Å². The molecule has 0 aliphatic carbocycles. The molecule has 1 atom stereocenters. The van der Waals surface area contributed by atoms with Crippen LogP contribution in [0.3, 0.4) is 0 Å². The molecule has 19 heavy (non-hydrogen) atoms. The van der Waals surface area contributed by atoms with E-state index in [1.807, 2.05) is 23.9 Å². The fourth-order valence-electron chi connectivity index (χ4n) is 2.37. The maximum atomic E-state index is 6.25. The van der Waals surface area contributed by atoms with Crippen molar-refractivity contribution in [2.45, 2.75) is 25.8 Å². The molecule has 1 heterocycles. The lowest BCUT2D eigenvalue weighted by Crippen LogP contribution is -2.14. The van der Waals surface area contributed by atoms with Crippen molar-refractivity contribution in [1.82, 2.24) is 9.55 Å². The van der Waals surface area contributed by atoms with Crippen LogP contribution in [0.4, 0.5) is 0 Å². The molecule has 0 aliphatic heterocycles. The Morgan fingerprint density at radius 1 is 1.42 bits per heavy atom. The van der Waals surface area contributed by atoms with Gasteiger partial charge in [0.05, 0.1) is 10.5 Å². The Balaban J connectivity index is 2.60. The van der Waals surface area contributed by atoms with Crippen molar-refractivity contribution in [2.24, 2.45) is 0 Å². The van der Waals surface area contributed by atoms with E-state index in [2.05, 4.69) is 23.8 Å². The highest BCUT2D eigenvalue weighted by Crippen LogP contribution is 2.29. The maximum absolute atomic E-state index is 6.25. The van der Waals surface area contributed by atoms with E-state index >= 15 is 0 Å². The van der Waals surface area contributed by atoms with Crippen LogP contribution in [0.5, 0.6) is 0 Å². The Morgan fingerprint density at radius 3 is 2.84 bits per heavy atom. The Morgan fingerprint density at radius 2 is 2.21 bits per heavy atom. The minimum atomic E-state index is 0.441. The average Bonchev–Trinajstić information content (AvgIpc) is 2.76. The quantitative estimate of drug-likeness (QED) is 0.713. The molecule has 104 valence electrons. The molecule has 0 fully saturated rings. The van der Waals surface area contributed by atoms with Crippen molar-refractivity contribution in [3.05, 3.63) is 29.0 Å². The molecule has 0 saturated carbocycles. The van der Waals surface area contributed by atoms with E-state index in [0.29, 0.717) is 16.9 Å². The second kappa shape index (κ2) is 6.87. The molecule has 0 radical (unpaired) electrons. The SMILES string of the molecule is CCC(CSC)n1c(CCCl)nc2c(Cl)cccc21. The predicted molar refractivity (Wildman–Crippen MR) is 86.9 cm³/mol. The van der Waals surface area contributed by atoms with E-state index in [4.69, 9.17) is 28.2 Å². The number of aryl methyl sites for hydroxylation is 1. The van der Waals surface area contributed by atoms with Crippen molar-refractivity contribution in [3.63, 3.8) is 0 Å². The lowest BCUT2D eigenvalue weighted by Gasteiger charge is -2.19.